The van der Waals surface area contributed by atoms with Crippen molar-refractivity contribution < 1.29 is 9.13 Å². The fraction of sp³-hybridized carbons (Fsp3) is 0.571. The number of halogens is 2. The van der Waals surface area contributed by atoms with Crippen LogP contribution in [0.15, 0.2) is 18.2 Å². The van der Waals surface area contributed by atoms with Crippen LogP contribution >= 0.6 is 11.6 Å². The number of rotatable bonds is 4. The number of hydrogen-bond donors (Lipinski definition) is 1. The van der Waals surface area contributed by atoms with Crippen LogP contribution in [0.25, 0.3) is 0 Å². The summed E-state index contributed by atoms with van der Waals surface area (Å²) in [6.07, 6.45) is 0.708. The van der Waals surface area contributed by atoms with E-state index in [9.17, 15) is 4.39 Å². The van der Waals surface area contributed by atoms with Crippen molar-refractivity contribution in [2.24, 2.45) is 5.92 Å². The minimum absolute atomic E-state index is 0.232. The van der Waals surface area contributed by atoms with Crippen molar-refractivity contribution in [2.75, 3.05) is 13.2 Å². The SMILES string of the molecule is CC(C)NCC1CCOC1c1c(F)cccc1Cl. The summed E-state index contributed by atoms with van der Waals surface area (Å²) in [5.41, 5.74) is 0.507. The van der Waals surface area contributed by atoms with Gasteiger partial charge in [-0.2, -0.15) is 0 Å². The van der Waals surface area contributed by atoms with Crippen LogP contribution in [0.3, 0.4) is 0 Å². The van der Waals surface area contributed by atoms with Crippen molar-refractivity contribution in [2.45, 2.75) is 32.4 Å². The monoisotopic (exact) mass is 271 g/mol. The summed E-state index contributed by atoms with van der Waals surface area (Å²) in [6, 6.07) is 5.20. The van der Waals surface area contributed by atoms with Gasteiger partial charge >= 0.3 is 0 Å². The molecular formula is C14H19ClFNO. The van der Waals surface area contributed by atoms with Crippen LogP contribution in [-0.4, -0.2) is 19.2 Å². The molecule has 0 aliphatic carbocycles. The molecule has 0 aromatic heterocycles. The molecule has 100 valence electrons. The van der Waals surface area contributed by atoms with Crippen molar-refractivity contribution in [1.29, 1.82) is 0 Å². The van der Waals surface area contributed by atoms with Crippen molar-refractivity contribution in [1.82, 2.24) is 5.32 Å². The van der Waals surface area contributed by atoms with Gasteiger partial charge in [-0.05, 0) is 18.6 Å². The molecule has 1 aliphatic rings. The van der Waals surface area contributed by atoms with Gasteiger partial charge in [0, 0.05) is 35.7 Å². The lowest BCUT2D eigenvalue weighted by Crippen LogP contribution is -2.30. The highest BCUT2D eigenvalue weighted by Crippen LogP contribution is 2.38. The normalized spacial score (nSPS) is 23.8. The second-order valence-corrected chi connectivity index (χ2v) is 5.45. The molecule has 0 saturated carbocycles. The smallest absolute Gasteiger partial charge is 0.130 e. The number of hydrogen-bond acceptors (Lipinski definition) is 2. The van der Waals surface area contributed by atoms with E-state index in [4.69, 9.17) is 16.3 Å². The summed E-state index contributed by atoms with van der Waals surface area (Å²) >= 11 is 6.10. The van der Waals surface area contributed by atoms with Gasteiger partial charge in [0.2, 0.25) is 0 Å². The number of ether oxygens (including phenoxy) is 1. The van der Waals surface area contributed by atoms with E-state index >= 15 is 0 Å². The fourth-order valence-electron chi connectivity index (χ4n) is 2.33. The Bertz CT molecular complexity index is 391. The van der Waals surface area contributed by atoms with Gasteiger partial charge in [-0.15, -0.1) is 0 Å². The van der Waals surface area contributed by atoms with Crippen LogP contribution in [0.4, 0.5) is 4.39 Å². The molecule has 2 rings (SSSR count). The lowest BCUT2D eigenvalue weighted by atomic mass is 9.94. The van der Waals surface area contributed by atoms with Gasteiger partial charge in [0.25, 0.3) is 0 Å². The van der Waals surface area contributed by atoms with Gasteiger partial charge in [0.05, 0.1) is 6.10 Å². The third-order valence-electron chi connectivity index (χ3n) is 3.29. The molecule has 18 heavy (non-hydrogen) atoms. The first kappa shape index (κ1) is 13.8. The molecule has 4 heteroatoms. The Balaban J connectivity index is 2.16. The van der Waals surface area contributed by atoms with Gasteiger partial charge in [0.15, 0.2) is 0 Å². The molecule has 2 atom stereocenters. The molecule has 1 N–H and O–H groups in total. The largest absolute Gasteiger partial charge is 0.373 e. The second-order valence-electron chi connectivity index (χ2n) is 5.04. The predicted molar refractivity (Wildman–Crippen MR) is 71.3 cm³/mol. The van der Waals surface area contributed by atoms with E-state index in [0.29, 0.717) is 23.2 Å². The topological polar surface area (TPSA) is 21.3 Å². The molecule has 1 aromatic carbocycles. The van der Waals surface area contributed by atoms with E-state index in [2.05, 4.69) is 19.2 Å². The average molecular weight is 272 g/mol. The molecule has 0 amide bonds. The summed E-state index contributed by atoms with van der Waals surface area (Å²) in [5.74, 6) is 0.00532. The zero-order chi connectivity index (χ0) is 13.1. The van der Waals surface area contributed by atoms with Gasteiger partial charge < -0.3 is 10.1 Å². The highest BCUT2D eigenvalue weighted by Gasteiger charge is 2.32. The summed E-state index contributed by atoms with van der Waals surface area (Å²) in [6.45, 7) is 5.69. The minimum atomic E-state index is -0.274. The lowest BCUT2D eigenvalue weighted by molar-refractivity contribution is 0.0871. The highest BCUT2D eigenvalue weighted by atomic mass is 35.5. The Morgan fingerprint density at radius 1 is 1.50 bits per heavy atom. The molecule has 1 aliphatic heterocycles. The summed E-state index contributed by atoms with van der Waals surface area (Å²) in [5, 5.41) is 3.84. The fourth-order valence-corrected chi connectivity index (χ4v) is 2.60. The molecule has 1 heterocycles. The van der Waals surface area contributed by atoms with E-state index in [1.54, 1.807) is 12.1 Å². The van der Waals surface area contributed by atoms with E-state index < -0.39 is 0 Å². The Morgan fingerprint density at radius 3 is 2.94 bits per heavy atom. The summed E-state index contributed by atoms with van der Waals surface area (Å²) in [7, 11) is 0. The first-order chi connectivity index (χ1) is 8.59. The maximum atomic E-state index is 13.9. The minimum Gasteiger partial charge on any atom is -0.373 e. The Labute approximate surface area is 112 Å². The number of nitrogens with one attached hydrogen (secondary N) is 1. The molecule has 1 fully saturated rings. The van der Waals surface area contributed by atoms with Crippen LogP contribution in [0.1, 0.15) is 31.9 Å². The van der Waals surface area contributed by atoms with Gasteiger partial charge in [-0.25, -0.2) is 4.39 Å². The summed E-state index contributed by atoms with van der Waals surface area (Å²) < 4.78 is 19.6. The average Bonchev–Trinajstić information content (AvgIpc) is 2.74. The molecule has 2 unspecified atom stereocenters. The molecule has 1 aromatic rings. The summed E-state index contributed by atoms with van der Waals surface area (Å²) in [4.78, 5) is 0. The van der Waals surface area contributed by atoms with Crippen LogP contribution < -0.4 is 5.32 Å². The Morgan fingerprint density at radius 2 is 2.28 bits per heavy atom. The number of benzene rings is 1. The van der Waals surface area contributed by atoms with Gasteiger partial charge in [0.1, 0.15) is 5.82 Å². The Hall–Kier alpha value is -0.640. The van der Waals surface area contributed by atoms with Crippen molar-refractivity contribution in [3.63, 3.8) is 0 Å². The third kappa shape index (κ3) is 3.02. The van der Waals surface area contributed by atoms with Crippen molar-refractivity contribution in [3.05, 3.63) is 34.6 Å². The maximum Gasteiger partial charge on any atom is 0.130 e. The van der Waals surface area contributed by atoms with Crippen molar-refractivity contribution in [3.8, 4) is 0 Å². The first-order valence-corrected chi connectivity index (χ1v) is 6.76. The van der Waals surface area contributed by atoms with E-state index in [1.165, 1.54) is 6.07 Å². The lowest BCUT2D eigenvalue weighted by Gasteiger charge is -2.22. The molecule has 1 saturated heterocycles. The van der Waals surface area contributed by atoms with Crippen LogP contribution in [-0.2, 0) is 4.74 Å². The second kappa shape index (κ2) is 6.00. The maximum absolute atomic E-state index is 13.9. The Kier molecular flexibility index (Phi) is 4.60. The quantitative estimate of drug-likeness (QED) is 0.904. The molecule has 0 bridgehead atoms. The zero-order valence-electron chi connectivity index (χ0n) is 10.7. The van der Waals surface area contributed by atoms with Crippen LogP contribution in [0.5, 0.6) is 0 Å². The predicted octanol–water partition coefficient (Wildman–Crippen LogP) is 3.55. The molecule has 0 spiro atoms. The van der Waals surface area contributed by atoms with E-state index in [-0.39, 0.29) is 17.8 Å². The van der Waals surface area contributed by atoms with Crippen LogP contribution in [0, 0.1) is 11.7 Å². The van der Waals surface area contributed by atoms with Gasteiger partial charge in [-0.3, -0.25) is 0 Å². The molecular weight excluding hydrogens is 253 g/mol. The molecule has 0 radical (unpaired) electrons. The third-order valence-corrected chi connectivity index (χ3v) is 3.62. The highest BCUT2D eigenvalue weighted by molar-refractivity contribution is 6.31. The zero-order valence-corrected chi connectivity index (χ0v) is 11.5. The van der Waals surface area contributed by atoms with E-state index in [1.807, 2.05) is 0 Å². The standard InChI is InChI=1S/C14H19ClFNO/c1-9(2)17-8-10-6-7-18-14(10)13-11(15)4-3-5-12(13)16/h3-5,9-10,14,17H,6-8H2,1-2H3. The van der Waals surface area contributed by atoms with Crippen molar-refractivity contribution >= 4 is 11.6 Å². The van der Waals surface area contributed by atoms with Gasteiger partial charge in [-0.1, -0.05) is 31.5 Å². The first-order valence-electron chi connectivity index (χ1n) is 6.38. The van der Waals surface area contributed by atoms with E-state index in [0.717, 1.165) is 13.0 Å². The van der Waals surface area contributed by atoms with Crippen LogP contribution in [0.2, 0.25) is 5.02 Å². The molecule has 2 nitrogen and oxygen atoms in total.